The van der Waals surface area contributed by atoms with E-state index in [0.29, 0.717) is 0 Å². The van der Waals surface area contributed by atoms with E-state index in [-0.39, 0.29) is 0 Å². The summed E-state index contributed by atoms with van der Waals surface area (Å²) < 4.78 is 0. The standard InChI is InChI=1S/C17H24N2/c1-5-7-8-13-9-10-16-15(11-13)17(18-4)14(6-2)12(3)19-16/h9-11H,5-8H2,1-4H3,(H,18,19). The summed E-state index contributed by atoms with van der Waals surface area (Å²) in [4.78, 5) is 4.74. The Labute approximate surface area is 116 Å². The zero-order valence-electron chi connectivity index (χ0n) is 12.5. The van der Waals surface area contributed by atoms with Crippen molar-refractivity contribution in [3.63, 3.8) is 0 Å². The first kappa shape index (κ1) is 13.9. The van der Waals surface area contributed by atoms with E-state index in [4.69, 9.17) is 4.98 Å². The zero-order valence-corrected chi connectivity index (χ0v) is 12.5. The predicted octanol–water partition coefficient (Wildman–Crippen LogP) is 4.49. The molecular weight excluding hydrogens is 232 g/mol. The normalized spacial score (nSPS) is 10.9. The second-order valence-electron chi connectivity index (χ2n) is 5.11. The third-order valence-corrected chi connectivity index (χ3v) is 3.78. The molecule has 102 valence electrons. The summed E-state index contributed by atoms with van der Waals surface area (Å²) in [7, 11) is 2.01. The maximum absolute atomic E-state index is 4.74. The van der Waals surface area contributed by atoms with Crippen molar-refractivity contribution < 1.29 is 0 Å². The highest BCUT2D eigenvalue weighted by atomic mass is 14.8. The van der Waals surface area contributed by atoms with Crippen molar-refractivity contribution in [2.75, 3.05) is 12.4 Å². The van der Waals surface area contributed by atoms with Crippen molar-refractivity contribution in [3.05, 3.63) is 35.0 Å². The van der Waals surface area contributed by atoms with E-state index >= 15 is 0 Å². The number of pyridine rings is 1. The molecule has 2 heteroatoms. The maximum Gasteiger partial charge on any atom is 0.0726 e. The average molecular weight is 256 g/mol. The van der Waals surface area contributed by atoms with Crippen LogP contribution in [0.25, 0.3) is 10.9 Å². The summed E-state index contributed by atoms with van der Waals surface area (Å²) in [6.07, 6.45) is 4.67. The lowest BCUT2D eigenvalue weighted by atomic mass is 10.0. The van der Waals surface area contributed by atoms with E-state index in [1.54, 1.807) is 0 Å². The number of hydrogen-bond acceptors (Lipinski definition) is 2. The lowest BCUT2D eigenvalue weighted by Gasteiger charge is -2.14. The maximum atomic E-state index is 4.74. The molecular formula is C17H24N2. The second kappa shape index (κ2) is 6.05. The van der Waals surface area contributed by atoms with Crippen molar-refractivity contribution in [2.45, 2.75) is 46.5 Å². The third kappa shape index (κ3) is 2.73. The van der Waals surface area contributed by atoms with Gasteiger partial charge < -0.3 is 5.32 Å². The van der Waals surface area contributed by atoms with Gasteiger partial charge >= 0.3 is 0 Å². The molecule has 2 rings (SSSR count). The van der Waals surface area contributed by atoms with Gasteiger partial charge in [0.15, 0.2) is 0 Å². The molecule has 1 aromatic carbocycles. The SMILES string of the molecule is CCCCc1ccc2nc(C)c(CC)c(NC)c2c1. The van der Waals surface area contributed by atoms with Gasteiger partial charge in [-0.3, -0.25) is 4.98 Å². The molecule has 0 atom stereocenters. The molecule has 0 bridgehead atoms. The Hall–Kier alpha value is -1.57. The number of unbranched alkanes of at least 4 members (excludes halogenated alkanes) is 1. The first-order valence-corrected chi connectivity index (χ1v) is 7.31. The average Bonchev–Trinajstić information content (AvgIpc) is 2.43. The van der Waals surface area contributed by atoms with Crippen LogP contribution in [0.2, 0.25) is 0 Å². The molecule has 0 spiro atoms. The molecule has 0 amide bonds. The largest absolute Gasteiger partial charge is 0.387 e. The highest BCUT2D eigenvalue weighted by molar-refractivity contribution is 5.93. The Bertz CT molecular complexity index is 573. The fraction of sp³-hybridized carbons (Fsp3) is 0.471. The minimum absolute atomic E-state index is 1.02. The first-order valence-electron chi connectivity index (χ1n) is 7.31. The molecule has 0 saturated carbocycles. The topological polar surface area (TPSA) is 24.9 Å². The molecule has 1 N–H and O–H groups in total. The molecule has 19 heavy (non-hydrogen) atoms. The van der Waals surface area contributed by atoms with E-state index in [0.717, 1.165) is 24.1 Å². The van der Waals surface area contributed by atoms with Gasteiger partial charge in [0.25, 0.3) is 0 Å². The van der Waals surface area contributed by atoms with E-state index in [2.05, 4.69) is 44.3 Å². The second-order valence-corrected chi connectivity index (χ2v) is 5.11. The summed E-state index contributed by atoms with van der Waals surface area (Å²) >= 11 is 0. The van der Waals surface area contributed by atoms with E-state index in [1.165, 1.54) is 35.0 Å². The van der Waals surface area contributed by atoms with Gasteiger partial charge in [-0.1, -0.05) is 26.3 Å². The minimum atomic E-state index is 1.02. The Kier molecular flexibility index (Phi) is 4.41. The van der Waals surface area contributed by atoms with Crippen LogP contribution in [-0.4, -0.2) is 12.0 Å². The molecule has 0 saturated heterocycles. The summed E-state index contributed by atoms with van der Waals surface area (Å²) in [5.41, 5.74) is 6.24. The monoisotopic (exact) mass is 256 g/mol. The fourth-order valence-corrected chi connectivity index (χ4v) is 2.73. The third-order valence-electron chi connectivity index (χ3n) is 3.78. The number of aryl methyl sites for hydroxylation is 2. The molecule has 1 aromatic heterocycles. The van der Waals surface area contributed by atoms with Gasteiger partial charge in [-0.05, 0) is 49.4 Å². The molecule has 0 aliphatic rings. The number of rotatable bonds is 5. The van der Waals surface area contributed by atoms with Crippen LogP contribution in [0.1, 0.15) is 43.5 Å². The number of anilines is 1. The van der Waals surface area contributed by atoms with E-state index < -0.39 is 0 Å². The van der Waals surface area contributed by atoms with Crippen molar-refractivity contribution in [1.82, 2.24) is 4.98 Å². The number of fused-ring (bicyclic) bond motifs is 1. The van der Waals surface area contributed by atoms with Crippen molar-refractivity contribution in [1.29, 1.82) is 0 Å². The van der Waals surface area contributed by atoms with Crippen LogP contribution in [0, 0.1) is 6.92 Å². The number of hydrogen-bond donors (Lipinski definition) is 1. The summed E-state index contributed by atoms with van der Waals surface area (Å²) in [6, 6.07) is 6.69. The Morgan fingerprint density at radius 2 is 2.00 bits per heavy atom. The molecule has 2 nitrogen and oxygen atoms in total. The van der Waals surface area contributed by atoms with Gasteiger partial charge in [0.1, 0.15) is 0 Å². The lowest BCUT2D eigenvalue weighted by Crippen LogP contribution is -2.01. The number of benzene rings is 1. The smallest absolute Gasteiger partial charge is 0.0726 e. The van der Waals surface area contributed by atoms with E-state index in [1.807, 2.05) is 7.05 Å². The molecule has 2 aromatic rings. The Morgan fingerprint density at radius 1 is 1.21 bits per heavy atom. The summed E-state index contributed by atoms with van der Waals surface area (Å²) in [5, 5.41) is 4.64. The minimum Gasteiger partial charge on any atom is -0.387 e. The molecule has 0 aliphatic heterocycles. The van der Waals surface area contributed by atoms with Crippen LogP contribution in [-0.2, 0) is 12.8 Å². The number of nitrogens with zero attached hydrogens (tertiary/aromatic N) is 1. The molecule has 0 radical (unpaired) electrons. The molecule has 0 unspecified atom stereocenters. The molecule has 1 heterocycles. The zero-order chi connectivity index (χ0) is 13.8. The predicted molar refractivity (Wildman–Crippen MR) is 84.0 cm³/mol. The highest BCUT2D eigenvalue weighted by Gasteiger charge is 2.10. The van der Waals surface area contributed by atoms with Crippen molar-refractivity contribution in [2.24, 2.45) is 0 Å². The van der Waals surface area contributed by atoms with Gasteiger partial charge in [-0.2, -0.15) is 0 Å². The van der Waals surface area contributed by atoms with Gasteiger partial charge in [0, 0.05) is 23.8 Å². The van der Waals surface area contributed by atoms with Crippen LogP contribution in [0.5, 0.6) is 0 Å². The lowest BCUT2D eigenvalue weighted by molar-refractivity contribution is 0.796. The van der Waals surface area contributed by atoms with Crippen LogP contribution in [0.15, 0.2) is 18.2 Å². The van der Waals surface area contributed by atoms with Crippen LogP contribution in [0.4, 0.5) is 5.69 Å². The van der Waals surface area contributed by atoms with Crippen LogP contribution >= 0.6 is 0 Å². The first-order chi connectivity index (χ1) is 9.21. The molecule has 0 aliphatic carbocycles. The molecule has 0 fully saturated rings. The van der Waals surface area contributed by atoms with E-state index in [9.17, 15) is 0 Å². The Balaban J connectivity index is 2.58. The quantitative estimate of drug-likeness (QED) is 0.852. The van der Waals surface area contributed by atoms with Gasteiger partial charge in [-0.25, -0.2) is 0 Å². The fourth-order valence-electron chi connectivity index (χ4n) is 2.73. The summed E-state index contributed by atoms with van der Waals surface area (Å²) in [5.74, 6) is 0. The van der Waals surface area contributed by atoms with Gasteiger partial charge in [-0.15, -0.1) is 0 Å². The van der Waals surface area contributed by atoms with Crippen LogP contribution in [0.3, 0.4) is 0 Å². The van der Waals surface area contributed by atoms with Crippen molar-refractivity contribution >= 4 is 16.6 Å². The summed E-state index contributed by atoms with van der Waals surface area (Å²) in [6.45, 7) is 6.53. The van der Waals surface area contributed by atoms with Crippen LogP contribution < -0.4 is 5.32 Å². The van der Waals surface area contributed by atoms with Crippen molar-refractivity contribution in [3.8, 4) is 0 Å². The number of nitrogens with one attached hydrogen (secondary N) is 1. The highest BCUT2D eigenvalue weighted by Crippen LogP contribution is 2.29. The number of aromatic nitrogens is 1. The van der Waals surface area contributed by atoms with Gasteiger partial charge in [0.2, 0.25) is 0 Å². The van der Waals surface area contributed by atoms with Gasteiger partial charge in [0.05, 0.1) is 5.52 Å². The Morgan fingerprint density at radius 3 is 2.63 bits per heavy atom.